The van der Waals surface area contributed by atoms with Crippen molar-refractivity contribution in [3.8, 4) is 0 Å². The normalized spacial score (nSPS) is 13.4. The van der Waals surface area contributed by atoms with Crippen LogP contribution in [0.3, 0.4) is 0 Å². The molecule has 116 valence electrons. The van der Waals surface area contributed by atoms with Gasteiger partial charge in [0.1, 0.15) is 0 Å². The van der Waals surface area contributed by atoms with Crippen LogP contribution in [-0.2, 0) is 16.1 Å². The van der Waals surface area contributed by atoms with Crippen molar-refractivity contribution in [2.24, 2.45) is 11.7 Å². The fraction of sp³-hybridized carbons (Fsp3) is 0.500. The Hall–Kier alpha value is -1.88. The molecular weight excluding hydrogens is 266 g/mol. The van der Waals surface area contributed by atoms with Crippen molar-refractivity contribution < 1.29 is 9.59 Å². The number of nitrogens with two attached hydrogens (primary N) is 1. The summed E-state index contributed by atoms with van der Waals surface area (Å²) in [6.07, 6.45) is 0. The van der Waals surface area contributed by atoms with Gasteiger partial charge in [0, 0.05) is 31.7 Å². The Morgan fingerprint density at radius 2 is 1.90 bits per heavy atom. The second kappa shape index (κ2) is 7.78. The molecule has 0 aliphatic carbocycles. The van der Waals surface area contributed by atoms with Gasteiger partial charge in [0.25, 0.3) is 0 Å². The van der Waals surface area contributed by atoms with E-state index in [1.54, 1.807) is 18.7 Å². The van der Waals surface area contributed by atoms with Crippen LogP contribution in [-0.4, -0.2) is 29.3 Å². The molecule has 2 unspecified atom stereocenters. The zero-order valence-electron chi connectivity index (χ0n) is 13.2. The van der Waals surface area contributed by atoms with Crippen LogP contribution in [0.5, 0.6) is 0 Å². The smallest absolute Gasteiger partial charge is 0.228 e. The number of benzene rings is 1. The number of nitrogens with one attached hydrogen (secondary N) is 1. The van der Waals surface area contributed by atoms with E-state index in [0.717, 1.165) is 11.3 Å². The first kappa shape index (κ1) is 17.2. The molecule has 2 amide bonds. The minimum Gasteiger partial charge on any atom is -0.339 e. The lowest BCUT2D eigenvalue weighted by molar-refractivity contribution is -0.129. The summed E-state index contributed by atoms with van der Waals surface area (Å²) in [7, 11) is 0. The number of hydrogen-bond donors (Lipinski definition) is 2. The van der Waals surface area contributed by atoms with E-state index in [2.05, 4.69) is 5.32 Å². The zero-order valence-corrected chi connectivity index (χ0v) is 13.2. The second-order valence-electron chi connectivity index (χ2n) is 5.33. The maximum absolute atomic E-state index is 12.1. The monoisotopic (exact) mass is 291 g/mol. The fourth-order valence-corrected chi connectivity index (χ4v) is 1.92. The van der Waals surface area contributed by atoms with Crippen LogP contribution >= 0.6 is 0 Å². The highest BCUT2D eigenvalue weighted by atomic mass is 16.2. The number of anilines is 1. The van der Waals surface area contributed by atoms with Gasteiger partial charge < -0.3 is 16.0 Å². The van der Waals surface area contributed by atoms with E-state index in [0.29, 0.717) is 13.1 Å². The summed E-state index contributed by atoms with van der Waals surface area (Å²) in [5.41, 5.74) is 7.40. The van der Waals surface area contributed by atoms with E-state index in [-0.39, 0.29) is 23.8 Å². The molecule has 21 heavy (non-hydrogen) atoms. The summed E-state index contributed by atoms with van der Waals surface area (Å²) < 4.78 is 0. The molecule has 1 aromatic carbocycles. The topological polar surface area (TPSA) is 75.4 Å². The highest BCUT2D eigenvalue weighted by Gasteiger charge is 2.18. The molecule has 0 fully saturated rings. The predicted molar refractivity (Wildman–Crippen MR) is 84.7 cm³/mol. The summed E-state index contributed by atoms with van der Waals surface area (Å²) in [5, 5.41) is 2.90. The molecule has 1 aromatic rings. The third-order valence-electron chi connectivity index (χ3n) is 3.67. The van der Waals surface area contributed by atoms with Gasteiger partial charge in [0.2, 0.25) is 11.8 Å². The number of nitrogens with zero attached hydrogens (tertiary/aromatic N) is 1. The summed E-state index contributed by atoms with van der Waals surface area (Å²) in [5.74, 6) is -0.362. The third kappa shape index (κ3) is 4.86. The lowest BCUT2D eigenvalue weighted by Gasteiger charge is -2.22. The lowest BCUT2D eigenvalue weighted by atomic mass is 10.0. The first-order valence-corrected chi connectivity index (χ1v) is 7.26. The van der Waals surface area contributed by atoms with Crippen LogP contribution in [0.1, 0.15) is 33.3 Å². The van der Waals surface area contributed by atoms with Gasteiger partial charge in [-0.1, -0.05) is 25.1 Å². The number of amides is 2. The molecule has 0 aromatic heterocycles. The average molecular weight is 291 g/mol. The number of carbonyl (C=O) groups excluding carboxylic acids is 2. The van der Waals surface area contributed by atoms with Crippen molar-refractivity contribution >= 4 is 17.5 Å². The molecule has 0 aliphatic rings. The molecule has 0 bridgehead atoms. The molecule has 0 saturated heterocycles. The first-order valence-electron chi connectivity index (χ1n) is 7.26. The lowest BCUT2D eigenvalue weighted by Crippen LogP contribution is -2.35. The van der Waals surface area contributed by atoms with Gasteiger partial charge in [-0.3, -0.25) is 9.59 Å². The predicted octanol–water partition coefficient (Wildman–Crippen LogP) is 1.98. The van der Waals surface area contributed by atoms with Crippen molar-refractivity contribution in [2.45, 2.75) is 40.3 Å². The molecule has 5 heteroatoms. The maximum Gasteiger partial charge on any atom is 0.228 e. The maximum atomic E-state index is 12.1. The van der Waals surface area contributed by atoms with Crippen molar-refractivity contribution in [1.82, 2.24) is 4.90 Å². The molecule has 1 rings (SSSR count). The Kier molecular flexibility index (Phi) is 6.37. The van der Waals surface area contributed by atoms with Crippen molar-refractivity contribution in [1.29, 1.82) is 0 Å². The van der Waals surface area contributed by atoms with E-state index in [4.69, 9.17) is 5.73 Å². The van der Waals surface area contributed by atoms with Gasteiger partial charge in [0.05, 0.1) is 5.92 Å². The van der Waals surface area contributed by atoms with E-state index < -0.39 is 0 Å². The van der Waals surface area contributed by atoms with Crippen molar-refractivity contribution in [3.63, 3.8) is 0 Å². The minimum absolute atomic E-state index is 0.0163. The van der Waals surface area contributed by atoms with Gasteiger partial charge in [-0.25, -0.2) is 0 Å². The van der Waals surface area contributed by atoms with Gasteiger partial charge in [0.15, 0.2) is 0 Å². The minimum atomic E-state index is -0.270. The summed E-state index contributed by atoms with van der Waals surface area (Å²) in [6, 6.07) is 7.31. The Morgan fingerprint density at radius 1 is 1.29 bits per heavy atom. The standard InChI is InChI=1S/C16H25N3O2/c1-5-19(13(4)20)10-14-8-6-7-9-15(14)18-16(21)11(2)12(3)17/h6-9,11-12H,5,10,17H2,1-4H3,(H,18,21). The number of para-hydroxylation sites is 1. The van der Waals surface area contributed by atoms with Crippen LogP contribution in [0.15, 0.2) is 24.3 Å². The Balaban J connectivity index is 2.89. The highest BCUT2D eigenvalue weighted by molar-refractivity contribution is 5.93. The zero-order chi connectivity index (χ0) is 16.0. The molecular formula is C16H25N3O2. The van der Waals surface area contributed by atoms with Crippen LogP contribution in [0.25, 0.3) is 0 Å². The fourth-order valence-electron chi connectivity index (χ4n) is 1.92. The number of hydrogen-bond acceptors (Lipinski definition) is 3. The summed E-state index contributed by atoms with van der Waals surface area (Å²) in [4.78, 5) is 25.4. The van der Waals surface area contributed by atoms with E-state index in [9.17, 15) is 9.59 Å². The number of rotatable bonds is 6. The Bertz CT molecular complexity index is 500. The Morgan fingerprint density at radius 3 is 2.43 bits per heavy atom. The Labute approximate surface area is 126 Å². The molecule has 2 atom stereocenters. The second-order valence-corrected chi connectivity index (χ2v) is 5.33. The van der Waals surface area contributed by atoms with Gasteiger partial charge in [-0.2, -0.15) is 0 Å². The SMILES string of the molecule is CCN(Cc1ccccc1NC(=O)C(C)C(C)N)C(C)=O. The van der Waals surface area contributed by atoms with Crippen LogP contribution in [0.2, 0.25) is 0 Å². The van der Waals surface area contributed by atoms with Crippen molar-refractivity contribution in [2.75, 3.05) is 11.9 Å². The molecule has 0 radical (unpaired) electrons. The molecule has 0 spiro atoms. The molecule has 0 aliphatic heterocycles. The van der Waals surface area contributed by atoms with Gasteiger partial charge >= 0.3 is 0 Å². The largest absolute Gasteiger partial charge is 0.339 e. The quantitative estimate of drug-likeness (QED) is 0.841. The van der Waals surface area contributed by atoms with Gasteiger partial charge in [-0.05, 0) is 25.5 Å². The first-order chi connectivity index (χ1) is 9.86. The molecule has 0 saturated carbocycles. The summed E-state index contributed by atoms with van der Waals surface area (Å²) in [6.45, 7) is 8.20. The van der Waals surface area contributed by atoms with E-state index in [1.807, 2.05) is 38.1 Å². The number of carbonyl (C=O) groups is 2. The van der Waals surface area contributed by atoms with Gasteiger partial charge in [-0.15, -0.1) is 0 Å². The van der Waals surface area contributed by atoms with E-state index in [1.165, 1.54) is 0 Å². The molecule has 0 heterocycles. The van der Waals surface area contributed by atoms with Crippen LogP contribution in [0, 0.1) is 5.92 Å². The van der Waals surface area contributed by atoms with Crippen LogP contribution < -0.4 is 11.1 Å². The molecule has 3 N–H and O–H groups in total. The van der Waals surface area contributed by atoms with Crippen molar-refractivity contribution in [3.05, 3.63) is 29.8 Å². The highest BCUT2D eigenvalue weighted by Crippen LogP contribution is 2.18. The summed E-state index contributed by atoms with van der Waals surface area (Å²) >= 11 is 0. The average Bonchev–Trinajstić information content (AvgIpc) is 2.44. The van der Waals surface area contributed by atoms with Crippen LogP contribution in [0.4, 0.5) is 5.69 Å². The van der Waals surface area contributed by atoms with E-state index >= 15 is 0 Å². The molecule has 5 nitrogen and oxygen atoms in total. The third-order valence-corrected chi connectivity index (χ3v) is 3.67.